The van der Waals surface area contributed by atoms with E-state index in [-0.39, 0.29) is 37.1 Å². The second-order valence-electron chi connectivity index (χ2n) is 16.4. The van der Waals surface area contributed by atoms with Gasteiger partial charge in [-0.3, -0.25) is 19.1 Å². The summed E-state index contributed by atoms with van der Waals surface area (Å²) in [5.41, 5.74) is -3.81. The smallest absolute Gasteiger partial charge is 0.408 e. The highest BCUT2D eigenvalue weighted by Crippen LogP contribution is 2.46. The summed E-state index contributed by atoms with van der Waals surface area (Å²) in [4.78, 5) is 62.0. The van der Waals surface area contributed by atoms with Crippen molar-refractivity contribution in [2.24, 2.45) is 17.8 Å². The number of nitrogens with zero attached hydrogens (tertiary/aromatic N) is 2. The van der Waals surface area contributed by atoms with Crippen molar-refractivity contribution in [1.82, 2.24) is 25.2 Å². The van der Waals surface area contributed by atoms with Gasteiger partial charge in [-0.25, -0.2) is 22.0 Å². The number of allylic oxidation sites excluding steroid dienone is 1. The Labute approximate surface area is 325 Å². The third kappa shape index (κ3) is 8.71. The number of hydrogen-bond donors (Lipinski definition) is 3. The molecule has 1 saturated heterocycles. The van der Waals surface area contributed by atoms with Crippen LogP contribution in [0.5, 0.6) is 11.8 Å². The lowest BCUT2D eigenvalue weighted by molar-refractivity contribution is -0.152. The summed E-state index contributed by atoms with van der Waals surface area (Å²) in [7, 11) is -2.49. The summed E-state index contributed by atoms with van der Waals surface area (Å²) in [6, 6.07) is 6.46. The minimum absolute atomic E-state index is 0.0258. The number of ether oxygens (including phenoxy) is 3. The number of pyridine rings is 1. The third-order valence-corrected chi connectivity index (χ3v) is 13.3. The molecule has 3 N–H and O–H groups in total. The molecule has 0 spiro atoms. The Morgan fingerprint density at radius 3 is 2.46 bits per heavy atom. The molecule has 14 nitrogen and oxygen atoms in total. The number of rotatable bonds is 9. The number of nitrogens with one attached hydrogen (secondary N) is 3. The van der Waals surface area contributed by atoms with E-state index >= 15 is 0 Å². The Bertz CT molecular complexity index is 2000. The number of halogens is 2. The number of alkyl carbamates (subject to hydrolysis) is 1. The number of amides is 4. The summed E-state index contributed by atoms with van der Waals surface area (Å²) in [6.07, 6.45) is 4.28. The largest absolute Gasteiger partial charge is 0.481 e. The molecular weight excluding hydrogens is 753 g/mol. The predicted octanol–water partition coefficient (Wildman–Crippen LogP) is 4.62. The SMILES string of the molecule is COc1cc2ccccc2c(O[C@@H]2C[C@H]3C(=O)N[C@]4(C(=O)NS(=O)(=O)C5CC5)C[C@H]4/C=C\CC[C@H](C)C[C@@H](C)C(NC(=O)OC(C)(C)C(C)(F)F)C(=O)N3C2)n1. The fourth-order valence-electron chi connectivity index (χ4n) is 7.47. The second kappa shape index (κ2) is 15.4. The van der Waals surface area contributed by atoms with E-state index in [1.165, 1.54) is 12.0 Å². The van der Waals surface area contributed by atoms with Crippen molar-refractivity contribution in [3.63, 3.8) is 0 Å². The molecule has 6 rings (SSSR count). The summed E-state index contributed by atoms with van der Waals surface area (Å²) < 4.78 is 73.6. The Morgan fingerprint density at radius 1 is 1.07 bits per heavy atom. The number of carbonyl (C=O) groups is 4. The number of aromatic nitrogens is 1. The van der Waals surface area contributed by atoms with Crippen LogP contribution in [0, 0.1) is 17.8 Å². The van der Waals surface area contributed by atoms with E-state index in [1.54, 1.807) is 25.1 Å². The van der Waals surface area contributed by atoms with Crippen LogP contribution in [0.2, 0.25) is 0 Å². The van der Waals surface area contributed by atoms with Gasteiger partial charge in [0.2, 0.25) is 33.6 Å². The molecular formula is C39H51F2N5O9S. The predicted molar refractivity (Wildman–Crippen MR) is 201 cm³/mol. The molecule has 2 saturated carbocycles. The molecule has 1 aromatic carbocycles. The molecule has 4 aliphatic rings. The first-order valence-electron chi connectivity index (χ1n) is 19.1. The zero-order valence-electron chi connectivity index (χ0n) is 32.5. The topological polar surface area (TPSA) is 182 Å². The average molecular weight is 804 g/mol. The first-order chi connectivity index (χ1) is 26.2. The standard InChI is InChI=1S/C39H51F2N5O9S/c1-22-11-7-9-13-25-20-39(25,35(49)45-56(51,52)27-15-16-27)44-32(47)29-19-26(54-33-28-14-10-8-12-24(28)18-30(42-33)53-6)21-46(29)34(48)31(23(2)17-22)43-36(50)55-37(3,4)38(5,40)41/h8-10,12-14,18,22-23,25-27,29,31H,7,11,15-17,19-21H2,1-6H3,(H,43,50)(H,44,47)(H,45,49)/b13-9-/t22-,23+,25+,26+,29-,31?,39+/m0/s1. The molecule has 3 heterocycles. The number of fused-ring (bicyclic) bond motifs is 3. The zero-order chi connectivity index (χ0) is 40.8. The highest BCUT2D eigenvalue weighted by atomic mass is 32.2. The molecule has 0 radical (unpaired) electrons. The number of methoxy groups -OCH3 is 1. The van der Waals surface area contributed by atoms with E-state index in [0.717, 1.165) is 19.2 Å². The monoisotopic (exact) mass is 803 g/mol. The first-order valence-corrected chi connectivity index (χ1v) is 20.6. The number of benzene rings is 1. The minimum atomic E-state index is -3.95. The molecule has 2 aliphatic heterocycles. The van der Waals surface area contributed by atoms with Crippen LogP contribution in [0.25, 0.3) is 10.8 Å². The van der Waals surface area contributed by atoms with E-state index in [1.807, 2.05) is 31.2 Å². The molecule has 306 valence electrons. The van der Waals surface area contributed by atoms with E-state index in [2.05, 4.69) is 20.3 Å². The van der Waals surface area contributed by atoms with Gasteiger partial charge in [0.25, 0.3) is 11.8 Å². The highest BCUT2D eigenvalue weighted by molar-refractivity contribution is 7.91. The van der Waals surface area contributed by atoms with Crippen molar-refractivity contribution in [2.45, 2.75) is 120 Å². The molecule has 3 fully saturated rings. The summed E-state index contributed by atoms with van der Waals surface area (Å²) in [5, 5.41) is 6.10. The van der Waals surface area contributed by atoms with Crippen molar-refractivity contribution in [2.75, 3.05) is 13.7 Å². The van der Waals surface area contributed by atoms with Crippen molar-refractivity contribution in [3.8, 4) is 11.8 Å². The van der Waals surface area contributed by atoms with Crippen molar-refractivity contribution in [3.05, 3.63) is 42.5 Å². The molecule has 2 aromatic rings. The molecule has 56 heavy (non-hydrogen) atoms. The van der Waals surface area contributed by atoms with Crippen LogP contribution in [0.1, 0.15) is 79.6 Å². The van der Waals surface area contributed by atoms with E-state index < -0.39 is 86.2 Å². The summed E-state index contributed by atoms with van der Waals surface area (Å²) in [5.74, 6) is -6.24. The van der Waals surface area contributed by atoms with Gasteiger partial charge in [0.15, 0.2) is 5.60 Å². The molecule has 4 amide bonds. The highest BCUT2D eigenvalue weighted by Gasteiger charge is 2.62. The zero-order valence-corrected chi connectivity index (χ0v) is 33.3. The molecule has 17 heteroatoms. The Morgan fingerprint density at radius 2 is 1.79 bits per heavy atom. The third-order valence-electron chi connectivity index (χ3n) is 11.5. The molecule has 1 aromatic heterocycles. The van der Waals surface area contributed by atoms with Crippen molar-refractivity contribution >= 4 is 44.6 Å². The normalized spacial score (nSPS) is 29.5. The summed E-state index contributed by atoms with van der Waals surface area (Å²) in [6.45, 7) is 6.34. The van der Waals surface area contributed by atoms with Crippen LogP contribution in [-0.2, 0) is 29.1 Å². The number of carbonyl (C=O) groups excluding carboxylic acids is 4. The van der Waals surface area contributed by atoms with Gasteiger partial charge in [-0.1, -0.05) is 44.2 Å². The molecule has 7 atom stereocenters. The lowest BCUT2D eigenvalue weighted by Gasteiger charge is -2.35. The van der Waals surface area contributed by atoms with Gasteiger partial charge < -0.3 is 29.7 Å². The number of sulfonamides is 1. The minimum Gasteiger partial charge on any atom is -0.481 e. The number of hydrogen-bond acceptors (Lipinski definition) is 10. The van der Waals surface area contributed by atoms with Crippen molar-refractivity contribution in [1.29, 1.82) is 0 Å². The van der Waals surface area contributed by atoms with Gasteiger partial charge in [-0.05, 0) is 75.7 Å². The Balaban J connectivity index is 1.36. The van der Waals surface area contributed by atoms with Crippen LogP contribution in [-0.4, -0.2) is 96.3 Å². The van der Waals surface area contributed by atoms with Gasteiger partial charge in [0, 0.05) is 30.7 Å². The van der Waals surface area contributed by atoms with Gasteiger partial charge in [-0.2, -0.15) is 4.98 Å². The van der Waals surface area contributed by atoms with Gasteiger partial charge >= 0.3 is 6.09 Å². The molecule has 0 bridgehead atoms. The van der Waals surface area contributed by atoms with E-state index in [0.29, 0.717) is 44.4 Å². The average Bonchev–Trinajstić information content (AvgIpc) is 4.04. The fraction of sp³-hybridized carbons (Fsp3) is 0.615. The maximum absolute atomic E-state index is 14.8. The van der Waals surface area contributed by atoms with E-state index in [9.17, 15) is 36.4 Å². The van der Waals surface area contributed by atoms with Crippen LogP contribution in [0.15, 0.2) is 42.5 Å². The van der Waals surface area contributed by atoms with Gasteiger partial charge in [0.05, 0.1) is 18.9 Å². The van der Waals surface area contributed by atoms with Crippen LogP contribution >= 0.6 is 0 Å². The maximum Gasteiger partial charge on any atom is 0.408 e. The Hall–Kier alpha value is -4.54. The first kappa shape index (κ1) is 41.1. The van der Waals surface area contributed by atoms with Crippen molar-refractivity contribution < 1.29 is 50.6 Å². The summed E-state index contributed by atoms with van der Waals surface area (Å²) >= 11 is 0. The number of alkyl halides is 2. The van der Waals surface area contributed by atoms with Crippen LogP contribution < -0.4 is 24.8 Å². The van der Waals surface area contributed by atoms with E-state index in [4.69, 9.17) is 14.2 Å². The van der Waals surface area contributed by atoms with Gasteiger partial charge in [0.1, 0.15) is 23.7 Å². The lowest BCUT2D eigenvalue weighted by Crippen LogP contribution is -2.59. The van der Waals surface area contributed by atoms with Crippen LogP contribution in [0.3, 0.4) is 0 Å². The lowest BCUT2D eigenvalue weighted by atomic mass is 9.88. The molecule has 2 aliphatic carbocycles. The Kier molecular flexibility index (Phi) is 11.3. The quantitative estimate of drug-likeness (QED) is 0.303. The van der Waals surface area contributed by atoms with Gasteiger partial charge in [-0.15, -0.1) is 0 Å². The molecule has 1 unspecified atom stereocenters. The maximum atomic E-state index is 14.8. The second-order valence-corrected chi connectivity index (χ2v) is 18.3. The van der Waals surface area contributed by atoms with Crippen LogP contribution in [0.4, 0.5) is 13.6 Å². The fourth-order valence-corrected chi connectivity index (χ4v) is 8.83.